The highest BCUT2D eigenvalue weighted by atomic mass is 16.1. The zero-order chi connectivity index (χ0) is 21.9. The molecular formula is C28H23N3O. The van der Waals surface area contributed by atoms with E-state index >= 15 is 0 Å². The van der Waals surface area contributed by atoms with Crippen LogP contribution in [0.25, 0.3) is 22.0 Å². The van der Waals surface area contributed by atoms with E-state index in [1.165, 1.54) is 5.56 Å². The Morgan fingerprint density at radius 1 is 0.719 bits per heavy atom. The van der Waals surface area contributed by atoms with Crippen LogP contribution in [0.15, 0.2) is 108 Å². The highest BCUT2D eigenvalue weighted by Gasteiger charge is 2.13. The first-order valence-corrected chi connectivity index (χ1v) is 10.6. The van der Waals surface area contributed by atoms with Gasteiger partial charge in [-0.15, -0.1) is 0 Å². The van der Waals surface area contributed by atoms with Crippen LogP contribution in [-0.4, -0.2) is 9.55 Å². The molecule has 5 aromatic rings. The van der Waals surface area contributed by atoms with Crippen LogP contribution in [-0.2, 0) is 13.0 Å². The van der Waals surface area contributed by atoms with Gasteiger partial charge in [-0.05, 0) is 40.5 Å². The van der Waals surface area contributed by atoms with Crippen LogP contribution in [0.2, 0.25) is 0 Å². The van der Waals surface area contributed by atoms with Crippen molar-refractivity contribution in [1.82, 2.24) is 9.55 Å². The quantitative estimate of drug-likeness (QED) is 0.396. The van der Waals surface area contributed by atoms with Crippen molar-refractivity contribution in [1.29, 1.82) is 0 Å². The molecule has 32 heavy (non-hydrogen) atoms. The molecule has 0 bridgehead atoms. The van der Waals surface area contributed by atoms with E-state index in [2.05, 4.69) is 48.5 Å². The highest BCUT2D eigenvalue weighted by molar-refractivity contribution is 5.81. The molecule has 2 N–H and O–H groups in total. The number of hydrogen-bond acceptors (Lipinski definition) is 3. The predicted molar refractivity (Wildman–Crippen MR) is 131 cm³/mol. The van der Waals surface area contributed by atoms with Crippen LogP contribution < -0.4 is 11.3 Å². The molecule has 156 valence electrons. The molecule has 4 aromatic carbocycles. The van der Waals surface area contributed by atoms with Crippen LogP contribution in [0.4, 0.5) is 5.69 Å². The summed E-state index contributed by atoms with van der Waals surface area (Å²) >= 11 is 0. The van der Waals surface area contributed by atoms with Crippen LogP contribution in [0.1, 0.15) is 17.0 Å². The van der Waals surface area contributed by atoms with Crippen LogP contribution >= 0.6 is 0 Å². The second-order valence-corrected chi connectivity index (χ2v) is 7.92. The van der Waals surface area contributed by atoms with Gasteiger partial charge in [0.05, 0.1) is 17.4 Å². The number of benzene rings is 4. The van der Waals surface area contributed by atoms with E-state index in [0.29, 0.717) is 29.6 Å². The lowest BCUT2D eigenvalue weighted by atomic mass is 10.0. The average Bonchev–Trinajstić information content (AvgIpc) is 2.84. The van der Waals surface area contributed by atoms with Crippen LogP contribution in [0.5, 0.6) is 0 Å². The van der Waals surface area contributed by atoms with E-state index in [-0.39, 0.29) is 5.56 Å². The Kier molecular flexibility index (Phi) is 5.26. The number of aromatic nitrogens is 2. The van der Waals surface area contributed by atoms with E-state index in [1.807, 2.05) is 42.5 Å². The molecule has 0 saturated carbocycles. The third-order valence-corrected chi connectivity index (χ3v) is 5.66. The number of rotatable bonds is 5. The maximum absolute atomic E-state index is 13.5. The summed E-state index contributed by atoms with van der Waals surface area (Å²) in [5, 5.41) is 0.544. The van der Waals surface area contributed by atoms with Crippen molar-refractivity contribution in [2.24, 2.45) is 0 Å². The highest BCUT2D eigenvalue weighted by Crippen LogP contribution is 2.20. The molecule has 0 fully saturated rings. The van der Waals surface area contributed by atoms with Gasteiger partial charge in [0, 0.05) is 12.1 Å². The molecule has 5 rings (SSSR count). The average molecular weight is 418 g/mol. The van der Waals surface area contributed by atoms with Crippen molar-refractivity contribution in [2.75, 3.05) is 5.73 Å². The van der Waals surface area contributed by atoms with Crippen molar-refractivity contribution < 1.29 is 0 Å². The minimum atomic E-state index is -0.0691. The lowest BCUT2D eigenvalue weighted by molar-refractivity contribution is 0.694. The fourth-order valence-corrected chi connectivity index (χ4v) is 3.98. The summed E-state index contributed by atoms with van der Waals surface area (Å²) in [5.74, 6) is 0.741. The number of nitrogens with zero attached hydrogens (tertiary/aromatic N) is 2. The van der Waals surface area contributed by atoms with E-state index in [0.717, 1.165) is 22.5 Å². The van der Waals surface area contributed by atoms with E-state index in [9.17, 15) is 4.79 Å². The van der Waals surface area contributed by atoms with Crippen LogP contribution in [0, 0.1) is 0 Å². The van der Waals surface area contributed by atoms with Gasteiger partial charge in [-0.2, -0.15) is 0 Å². The maximum Gasteiger partial charge on any atom is 0.261 e. The monoisotopic (exact) mass is 417 g/mol. The largest absolute Gasteiger partial charge is 0.399 e. The second-order valence-electron chi connectivity index (χ2n) is 7.92. The topological polar surface area (TPSA) is 60.9 Å². The minimum absolute atomic E-state index is 0.0691. The number of fused-ring (bicyclic) bond motifs is 1. The molecule has 0 atom stereocenters. The van der Waals surface area contributed by atoms with E-state index < -0.39 is 0 Å². The van der Waals surface area contributed by atoms with Gasteiger partial charge in [-0.25, -0.2) is 4.98 Å². The van der Waals surface area contributed by atoms with Crippen molar-refractivity contribution >= 4 is 16.6 Å². The number of nitrogens with two attached hydrogens (primary N) is 1. The molecule has 0 amide bonds. The lowest BCUT2D eigenvalue weighted by Crippen LogP contribution is -2.26. The zero-order valence-electron chi connectivity index (χ0n) is 17.6. The summed E-state index contributed by atoms with van der Waals surface area (Å²) in [5.41, 5.74) is 11.6. The summed E-state index contributed by atoms with van der Waals surface area (Å²) in [6, 6.07) is 34.0. The smallest absolute Gasteiger partial charge is 0.261 e. The molecule has 0 aliphatic heterocycles. The Balaban J connectivity index is 1.56. The molecule has 0 aliphatic rings. The maximum atomic E-state index is 13.5. The van der Waals surface area contributed by atoms with Crippen molar-refractivity contribution in [3.8, 4) is 11.1 Å². The summed E-state index contributed by atoms with van der Waals surface area (Å²) < 4.78 is 1.77. The van der Waals surface area contributed by atoms with Crippen molar-refractivity contribution in [3.05, 3.63) is 130 Å². The van der Waals surface area contributed by atoms with E-state index in [4.69, 9.17) is 10.7 Å². The van der Waals surface area contributed by atoms with Crippen molar-refractivity contribution in [3.63, 3.8) is 0 Å². The molecule has 1 aromatic heterocycles. The fraction of sp³-hybridized carbons (Fsp3) is 0.0714. The van der Waals surface area contributed by atoms with Gasteiger partial charge in [0.25, 0.3) is 5.56 Å². The Morgan fingerprint density at radius 3 is 2.09 bits per heavy atom. The lowest BCUT2D eigenvalue weighted by Gasteiger charge is -2.15. The molecule has 1 heterocycles. The van der Waals surface area contributed by atoms with E-state index in [1.54, 1.807) is 16.7 Å². The zero-order valence-corrected chi connectivity index (χ0v) is 17.6. The summed E-state index contributed by atoms with van der Waals surface area (Å²) in [7, 11) is 0. The number of hydrogen-bond donors (Lipinski definition) is 1. The Morgan fingerprint density at radius 2 is 1.38 bits per heavy atom. The predicted octanol–water partition coefficient (Wildman–Crippen LogP) is 5.28. The third-order valence-electron chi connectivity index (χ3n) is 5.66. The van der Waals surface area contributed by atoms with Crippen molar-refractivity contribution in [2.45, 2.75) is 13.0 Å². The first-order chi connectivity index (χ1) is 15.7. The van der Waals surface area contributed by atoms with Gasteiger partial charge in [0.15, 0.2) is 0 Å². The Bertz CT molecular complexity index is 1420. The van der Waals surface area contributed by atoms with Gasteiger partial charge in [0.1, 0.15) is 5.82 Å². The Labute approximate surface area is 186 Å². The molecule has 0 spiro atoms. The first kappa shape index (κ1) is 19.8. The third kappa shape index (κ3) is 4.03. The number of nitrogen functional groups attached to an aromatic ring is 1. The van der Waals surface area contributed by atoms with Gasteiger partial charge in [-0.1, -0.05) is 84.9 Å². The second kappa shape index (κ2) is 8.52. The van der Waals surface area contributed by atoms with Gasteiger partial charge >= 0.3 is 0 Å². The molecule has 4 heteroatoms. The van der Waals surface area contributed by atoms with Gasteiger partial charge < -0.3 is 5.73 Å². The van der Waals surface area contributed by atoms with Gasteiger partial charge in [0.2, 0.25) is 0 Å². The normalized spacial score (nSPS) is 11.0. The standard InChI is InChI=1S/C28H23N3O/c29-24-15-16-26-25(18-24)28(32)31(27(30-26)17-20-7-3-1-4-8-20)19-21-11-13-23(14-12-21)22-9-5-2-6-10-22/h1-16,18H,17,19,29H2. The van der Waals surface area contributed by atoms with Crippen LogP contribution in [0.3, 0.4) is 0 Å². The summed E-state index contributed by atoms with van der Waals surface area (Å²) in [6.45, 7) is 0.452. The number of anilines is 1. The molecular weight excluding hydrogens is 394 g/mol. The fourth-order valence-electron chi connectivity index (χ4n) is 3.98. The molecule has 0 saturated heterocycles. The summed E-state index contributed by atoms with van der Waals surface area (Å²) in [4.78, 5) is 18.3. The summed E-state index contributed by atoms with van der Waals surface area (Å²) in [6.07, 6.45) is 0.582. The van der Waals surface area contributed by atoms with Gasteiger partial charge in [-0.3, -0.25) is 9.36 Å². The first-order valence-electron chi connectivity index (χ1n) is 10.6. The molecule has 0 aliphatic carbocycles. The molecule has 4 nitrogen and oxygen atoms in total. The molecule has 0 radical (unpaired) electrons. The SMILES string of the molecule is Nc1ccc2nc(Cc3ccccc3)n(Cc3ccc(-c4ccccc4)cc3)c(=O)c2c1. The molecule has 0 unspecified atom stereocenters. The Hall–Kier alpha value is -4.18. The minimum Gasteiger partial charge on any atom is -0.399 e.